The standard InChI is InChI=1S/C16H16N2O3S/c1-12-11-16(19)17-14-9-5-6-10-15(14)18(12)22(20,21)13-7-3-2-4-8-13/h2-10,12H,11H2,1H3,(H,17,19)/t12-/m0/s1. The monoisotopic (exact) mass is 316 g/mol. The van der Waals surface area contributed by atoms with Crippen LogP contribution in [-0.2, 0) is 14.8 Å². The first-order chi connectivity index (χ1) is 10.5. The van der Waals surface area contributed by atoms with Crippen LogP contribution in [0, 0.1) is 0 Å². The molecule has 6 heteroatoms. The molecule has 1 N–H and O–H groups in total. The summed E-state index contributed by atoms with van der Waals surface area (Å²) in [5.74, 6) is -0.189. The fourth-order valence-electron chi connectivity index (χ4n) is 2.63. The molecule has 1 heterocycles. The average molecular weight is 316 g/mol. The second kappa shape index (κ2) is 5.46. The van der Waals surface area contributed by atoms with E-state index in [9.17, 15) is 13.2 Å². The van der Waals surface area contributed by atoms with Gasteiger partial charge in [-0.1, -0.05) is 30.3 Å². The van der Waals surface area contributed by atoms with E-state index >= 15 is 0 Å². The fraction of sp³-hybridized carbons (Fsp3) is 0.188. The normalized spacial score (nSPS) is 18.3. The van der Waals surface area contributed by atoms with E-state index in [1.807, 2.05) is 0 Å². The Morgan fingerprint density at radius 3 is 2.41 bits per heavy atom. The van der Waals surface area contributed by atoms with Crippen LogP contribution in [0.15, 0.2) is 59.5 Å². The molecule has 0 radical (unpaired) electrons. The number of carbonyl (C=O) groups excluding carboxylic acids is 1. The highest BCUT2D eigenvalue weighted by atomic mass is 32.2. The Hall–Kier alpha value is -2.34. The molecule has 1 aliphatic heterocycles. The Morgan fingerprint density at radius 2 is 1.68 bits per heavy atom. The first-order valence-electron chi connectivity index (χ1n) is 6.98. The molecule has 22 heavy (non-hydrogen) atoms. The van der Waals surface area contributed by atoms with Gasteiger partial charge in [-0.25, -0.2) is 8.42 Å². The number of para-hydroxylation sites is 2. The molecule has 0 spiro atoms. The van der Waals surface area contributed by atoms with Gasteiger partial charge in [-0.15, -0.1) is 0 Å². The quantitative estimate of drug-likeness (QED) is 0.926. The number of carbonyl (C=O) groups is 1. The number of nitrogens with zero attached hydrogens (tertiary/aromatic N) is 1. The fourth-order valence-corrected chi connectivity index (χ4v) is 4.33. The van der Waals surface area contributed by atoms with Gasteiger partial charge in [0.25, 0.3) is 10.0 Å². The van der Waals surface area contributed by atoms with Crippen LogP contribution < -0.4 is 9.62 Å². The van der Waals surface area contributed by atoms with Crippen molar-refractivity contribution in [3.8, 4) is 0 Å². The summed E-state index contributed by atoms with van der Waals surface area (Å²) in [6.45, 7) is 1.74. The number of hydrogen-bond donors (Lipinski definition) is 1. The smallest absolute Gasteiger partial charge is 0.264 e. The van der Waals surface area contributed by atoms with E-state index in [2.05, 4.69) is 5.32 Å². The minimum atomic E-state index is -3.73. The predicted octanol–water partition coefficient (Wildman–Crippen LogP) is 2.61. The molecule has 1 amide bonds. The van der Waals surface area contributed by atoms with E-state index in [0.29, 0.717) is 11.4 Å². The molecule has 114 valence electrons. The SMILES string of the molecule is C[C@H]1CC(=O)Nc2ccccc2N1S(=O)(=O)c1ccccc1. The molecule has 2 aromatic carbocycles. The van der Waals surface area contributed by atoms with Crippen LogP contribution in [0.5, 0.6) is 0 Å². The van der Waals surface area contributed by atoms with Gasteiger partial charge in [0.15, 0.2) is 0 Å². The highest BCUT2D eigenvalue weighted by Crippen LogP contribution is 2.35. The van der Waals surface area contributed by atoms with Crippen molar-refractivity contribution in [2.45, 2.75) is 24.3 Å². The zero-order valence-electron chi connectivity index (χ0n) is 12.1. The highest BCUT2D eigenvalue weighted by molar-refractivity contribution is 7.92. The maximum atomic E-state index is 13.0. The lowest BCUT2D eigenvalue weighted by atomic mass is 10.2. The first-order valence-corrected chi connectivity index (χ1v) is 8.42. The molecular formula is C16H16N2O3S. The number of amides is 1. The minimum absolute atomic E-state index is 0.112. The Kier molecular flexibility index (Phi) is 3.62. The maximum Gasteiger partial charge on any atom is 0.264 e. The van der Waals surface area contributed by atoms with E-state index in [1.54, 1.807) is 61.5 Å². The van der Waals surface area contributed by atoms with Crippen LogP contribution in [0.1, 0.15) is 13.3 Å². The summed E-state index contributed by atoms with van der Waals surface area (Å²) in [5.41, 5.74) is 1.00. The van der Waals surface area contributed by atoms with Gasteiger partial charge in [-0.2, -0.15) is 0 Å². The van der Waals surface area contributed by atoms with Crippen molar-refractivity contribution < 1.29 is 13.2 Å². The van der Waals surface area contributed by atoms with Crippen LogP contribution in [0.25, 0.3) is 0 Å². The van der Waals surface area contributed by atoms with Gasteiger partial charge in [0.05, 0.1) is 22.3 Å². The lowest BCUT2D eigenvalue weighted by Crippen LogP contribution is -2.39. The Bertz CT molecular complexity index is 803. The maximum absolute atomic E-state index is 13.0. The zero-order valence-corrected chi connectivity index (χ0v) is 12.9. The van der Waals surface area contributed by atoms with Crippen LogP contribution in [-0.4, -0.2) is 20.4 Å². The molecule has 0 aromatic heterocycles. The molecule has 0 fully saturated rings. The number of sulfonamides is 1. The van der Waals surface area contributed by atoms with E-state index in [4.69, 9.17) is 0 Å². The van der Waals surface area contributed by atoms with E-state index < -0.39 is 16.1 Å². The Morgan fingerprint density at radius 1 is 1.05 bits per heavy atom. The summed E-state index contributed by atoms with van der Waals surface area (Å²) in [5, 5.41) is 2.76. The third-order valence-electron chi connectivity index (χ3n) is 3.60. The van der Waals surface area contributed by atoms with Gasteiger partial charge in [0.1, 0.15) is 0 Å². The topological polar surface area (TPSA) is 66.5 Å². The van der Waals surface area contributed by atoms with Crippen molar-refractivity contribution >= 4 is 27.3 Å². The van der Waals surface area contributed by atoms with Crippen molar-refractivity contribution in [1.82, 2.24) is 0 Å². The van der Waals surface area contributed by atoms with Crippen LogP contribution in [0.3, 0.4) is 0 Å². The molecule has 3 rings (SSSR count). The Labute approximate surface area is 129 Å². The van der Waals surface area contributed by atoms with Crippen LogP contribution in [0.2, 0.25) is 0 Å². The molecule has 0 aliphatic carbocycles. The second-order valence-corrected chi connectivity index (χ2v) is 7.05. The summed E-state index contributed by atoms with van der Waals surface area (Å²) < 4.78 is 27.3. The third kappa shape index (κ3) is 2.46. The average Bonchev–Trinajstić information content (AvgIpc) is 2.62. The van der Waals surface area contributed by atoms with Gasteiger partial charge in [0.2, 0.25) is 5.91 Å². The Balaban J connectivity index is 2.18. The van der Waals surface area contributed by atoms with Crippen LogP contribution >= 0.6 is 0 Å². The number of hydrogen-bond acceptors (Lipinski definition) is 3. The van der Waals surface area contributed by atoms with Crippen molar-refractivity contribution in [1.29, 1.82) is 0 Å². The van der Waals surface area contributed by atoms with E-state index in [0.717, 1.165) is 0 Å². The number of nitrogens with one attached hydrogen (secondary N) is 1. The van der Waals surface area contributed by atoms with E-state index in [1.165, 1.54) is 4.31 Å². The molecule has 2 aromatic rings. The summed E-state index contributed by atoms with van der Waals surface area (Å²) in [4.78, 5) is 12.1. The van der Waals surface area contributed by atoms with Crippen molar-refractivity contribution in [3.05, 3.63) is 54.6 Å². The molecule has 0 saturated heterocycles. The molecule has 0 saturated carbocycles. The molecule has 0 unspecified atom stereocenters. The van der Waals surface area contributed by atoms with Gasteiger partial charge < -0.3 is 5.32 Å². The summed E-state index contributed by atoms with van der Waals surface area (Å²) >= 11 is 0. The lowest BCUT2D eigenvalue weighted by Gasteiger charge is -2.29. The molecular weight excluding hydrogens is 300 g/mol. The van der Waals surface area contributed by atoms with Crippen molar-refractivity contribution in [2.24, 2.45) is 0 Å². The van der Waals surface area contributed by atoms with Gasteiger partial charge in [-0.3, -0.25) is 9.10 Å². The van der Waals surface area contributed by atoms with Crippen molar-refractivity contribution in [3.63, 3.8) is 0 Å². The van der Waals surface area contributed by atoms with Gasteiger partial charge >= 0.3 is 0 Å². The molecule has 1 atom stereocenters. The number of fused-ring (bicyclic) bond motifs is 1. The number of anilines is 2. The van der Waals surface area contributed by atoms with Crippen molar-refractivity contribution in [2.75, 3.05) is 9.62 Å². The predicted molar refractivity (Wildman–Crippen MR) is 85.3 cm³/mol. The minimum Gasteiger partial charge on any atom is -0.324 e. The van der Waals surface area contributed by atoms with Gasteiger partial charge in [-0.05, 0) is 31.2 Å². The summed E-state index contributed by atoms with van der Waals surface area (Å²) in [6.07, 6.45) is 0.112. The lowest BCUT2D eigenvalue weighted by molar-refractivity contribution is -0.116. The van der Waals surface area contributed by atoms with E-state index in [-0.39, 0.29) is 17.2 Å². The molecule has 0 bridgehead atoms. The largest absolute Gasteiger partial charge is 0.324 e. The highest BCUT2D eigenvalue weighted by Gasteiger charge is 2.34. The zero-order chi connectivity index (χ0) is 15.7. The third-order valence-corrected chi connectivity index (χ3v) is 5.54. The number of rotatable bonds is 2. The summed E-state index contributed by atoms with van der Waals surface area (Å²) in [6, 6.07) is 14.7. The molecule has 1 aliphatic rings. The number of benzene rings is 2. The summed E-state index contributed by atoms with van der Waals surface area (Å²) in [7, 11) is -3.73. The van der Waals surface area contributed by atoms with Crippen LogP contribution in [0.4, 0.5) is 11.4 Å². The molecule has 5 nitrogen and oxygen atoms in total. The first kappa shape index (κ1) is 14.6. The van der Waals surface area contributed by atoms with Gasteiger partial charge in [0, 0.05) is 6.42 Å². The second-order valence-electron chi connectivity index (χ2n) is 5.23.